The number of nitrogens with zero attached hydrogens (tertiary/aromatic N) is 5. The van der Waals surface area contributed by atoms with Crippen LogP contribution in [0.4, 0.5) is 0 Å². The number of benzene rings is 2. The molecule has 5 rings (SSSR count). The van der Waals surface area contributed by atoms with E-state index >= 15 is 0 Å². The lowest BCUT2D eigenvalue weighted by molar-refractivity contribution is 0.415. The molecule has 0 atom stereocenters. The summed E-state index contributed by atoms with van der Waals surface area (Å²) >= 11 is 0. The van der Waals surface area contributed by atoms with E-state index in [1.165, 1.54) is 17.2 Å². The molecule has 162 valence electrons. The molecule has 3 heterocycles. The second-order valence-corrected chi connectivity index (χ2v) is 7.76. The van der Waals surface area contributed by atoms with E-state index in [0.717, 1.165) is 33.7 Å². The summed E-state index contributed by atoms with van der Waals surface area (Å²) in [5, 5.41) is 0. The second-order valence-electron chi connectivity index (χ2n) is 7.76. The Balaban J connectivity index is 1.89. The molecule has 3 aromatic heterocycles. The monoisotopic (exact) mass is 429 g/mol. The van der Waals surface area contributed by atoms with Crippen LogP contribution in [0, 0.1) is 0 Å². The first-order valence-electron chi connectivity index (χ1n) is 10.4. The topological polar surface area (TPSA) is 75.5 Å². The minimum absolute atomic E-state index is 0.355. The van der Waals surface area contributed by atoms with Gasteiger partial charge in [-0.05, 0) is 48.4 Å². The summed E-state index contributed by atoms with van der Waals surface area (Å²) in [4.78, 5) is 30.2. The maximum atomic E-state index is 13.0. The molecule has 0 N–H and O–H groups in total. The normalized spacial score (nSPS) is 11.5. The molecule has 0 spiro atoms. The van der Waals surface area contributed by atoms with Crippen molar-refractivity contribution in [2.75, 3.05) is 7.11 Å². The molecule has 5 aromatic rings. The van der Waals surface area contributed by atoms with Crippen LogP contribution in [0.25, 0.3) is 33.9 Å². The van der Waals surface area contributed by atoms with E-state index in [1.807, 2.05) is 47.2 Å². The third kappa shape index (κ3) is 2.80. The van der Waals surface area contributed by atoms with Gasteiger partial charge in [-0.15, -0.1) is 0 Å². The van der Waals surface area contributed by atoms with E-state index in [0.29, 0.717) is 16.9 Å². The number of methoxy groups -OCH3 is 1. The fourth-order valence-electron chi connectivity index (χ4n) is 4.07. The summed E-state index contributed by atoms with van der Waals surface area (Å²) in [7, 11) is 4.74. The van der Waals surface area contributed by atoms with E-state index in [9.17, 15) is 9.59 Å². The van der Waals surface area contributed by atoms with Gasteiger partial charge in [0.05, 0.1) is 12.8 Å². The van der Waals surface area contributed by atoms with Gasteiger partial charge in [-0.25, -0.2) is 4.79 Å². The Morgan fingerprint density at radius 1 is 0.938 bits per heavy atom. The standard InChI is InChI=1S/C24H23N5O3/c1-5-15-6-10-17(11-7-15)29-19(16-8-12-18(32-4)13-9-16)14-28-20-21(25-23(28)29)26(2)24(31)27(3)22(20)30/h6-14H,5H2,1-4H3. The molecule has 0 saturated heterocycles. The van der Waals surface area contributed by atoms with Crippen LogP contribution in [-0.2, 0) is 20.5 Å². The molecule has 0 aliphatic carbocycles. The van der Waals surface area contributed by atoms with Crippen molar-refractivity contribution in [1.82, 2.24) is 23.1 Å². The predicted octanol–water partition coefficient (Wildman–Crippen LogP) is 2.91. The van der Waals surface area contributed by atoms with Gasteiger partial charge in [0.1, 0.15) is 5.75 Å². The summed E-state index contributed by atoms with van der Waals surface area (Å²) < 4.78 is 11.6. The second kappa shape index (κ2) is 7.26. The fraction of sp³-hybridized carbons (Fsp3) is 0.208. The quantitative estimate of drug-likeness (QED) is 0.440. The number of aromatic nitrogens is 5. The van der Waals surface area contributed by atoms with E-state index in [4.69, 9.17) is 9.72 Å². The van der Waals surface area contributed by atoms with E-state index in [-0.39, 0.29) is 5.56 Å². The average molecular weight is 429 g/mol. The van der Waals surface area contributed by atoms with Crippen LogP contribution in [0.15, 0.2) is 64.3 Å². The molecule has 0 aliphatic rings. The van der Waals surface area contributed by atoms with Gasteiger partial charge >= 0.3 is 5.69 Å². The van der Waals surface area contributed by atoms with E-state index in [2.05, 4.69) is 19.1 Å². The zero-order valence-electron chi connectivity index (χ0n) is 18.4. The van der Waals surface area contributed by atoms with Gasteiger partial charge in [-0.1, -0.05) is 19.1 Å². The van der Waals surface area contributed by atoms with Crippen LogP contribution in [0.5, 0.6) is 5.75 Å². The highest BCUT2D eigenvalue weighted by Gasteiger charge is 2.21. The molecule has 0 fully saturated rings. The van der Waals surface area contributed by atoms with E-state index < -0.39 is 5.69 Å². The minimum atomic E-state index is -0.405. The molecule has 2 aromatic carbocycles. The molecule has 0 aliphatic heterocycles. The minimum Gasteiger partial charge on any atom is -0.497 e. The van der Waals surface area contributed by atoms with Crippen molar-refractivity contribution in [2.45, 2.75) is 13.3 Å². The predicted molar refractivity (Wildman–Crippen MR) is 124 cm³/mol. The number of rotatable bonds is 4. The van der Waals surface area contributed by atoms with Crippen LogP contribution in [0.1, 0.15) is 12.5 Å². The van der Waals surface area contributed by atoms with Crippen LogP contribution in [-0.4, -0.2) is 30.2 Å². The Morgan fingerprint density at radius 2 is 1.62 bits per heavy atom. The summed E-state index contributed by atoms with van der Waals surface area (Å²) in [5.41, 5.74) is 3.90. The third-order valence-electron chi connectivity index (χ3n) is 5.95. The number of hydrogen-bond acceptors (Lipinski definition) is 4. The van der Waals surface area contributed by atoms with Crippen molar-refractivity contribution < 1.29 is 4.74 Å². The molecule has 8 nitrogen and oxygen atoms in total. The van der Waals surface area contributed by atoms with Crippen molar-refractivity contribution in [3.8, 4) is 22.7 Å². The maximum absolute atomic E-state index is 13.0. The Morgan fingerprint density at radius 3 is 2.25 bits per heavy atom. The summed E-state index contributed by atoms with van der Waals surface area (Å²) in [5.74, 6) is 1.33. The first-order valence-corrected chi connectivity index (χ1v) is 10.4. The number of imidazole rings is 2. The lowest BCUT2D eigenvalue weighted by atomic mass is 10.1. The number of fused-ring (bicyclic) bond motifs is 3. The molecule has 0 bridgehead atoms. The molecule has 32 heavy (non-hydrogen) atoms. The number of ether oxygens (including phenoxy) is 1. The smallest absolute Gasteiger partial charge is 0.332 e. The SMILES string of the molecule is CCc1ccc(-n2c(-c3ccc(OC)cc3)cn3c4c(=O)n(C)c(=O)n(C)c4nc23)cc1. The zero-order valence-corrected chi connectivity index (χ0v) is 18.4. The third-order valence-corrected chi connectivity index (χ3v) is 5.95. The summed E-state index contributed by atoms with van der Waals surface area (Å²) in [6.07, 6.45) is 2.84. The van der Waals surface area contributed by atoms with Crippen LogP contribution >= 0.6 is 0 Å². The Hall–Kier alpha value is -4.07. The van der Waals surface area contributed by atoms with Crippen molar-refractivity contribution >= 4 is 16.9 Å². The van der Waals surface area contributed by atoms with E-state index in [1.54, 1.807) is 18.6 Å². The van der Waals surface area contributed by atoms with Crippen molar-refractivity contribution in [2.24, 2.45) is 14.1 Å². The highest BCUT2D eigenvalue weighted by molar-refractivity contribution is 5.79. The summed E-state index contributed by atoms with van der Waals surface area (Å²) in [6, 6.07) is 16.0. The molecule has 0 amide bonds. The average Bonchev–Trinajstić information content (AvgIpc) is 3.38. The maximum Gasteiger partial charge on any atom is 0.332 e. The fourth-order valence-corrected chi connectivity index (χ4v) is 4.07. The highest BCUT2D eigenvalue weighted by atomic mass is 16.5. The number of hydrogen-bond donors (Lipinski definition) is 0. The van der Waals surface area contributed by atoms with Gasteiger partial charge in [-0.2, -0.15) is 4.98 Å². The van der Waals surface area contributed by atoms with Gasteiger partial charge in [0, 0.05) is 31.5 Å². The Kier molecular flexibility index (Phi) is 4.51. The number of aryl methyl sites for hydroxylation is 2. The van der Waals surface area contributed by atoms with Crippen LogP contribution < -0.4 is 16.0 Å². The van der Waals surface area contributed by atoms with Gasteiger partial charge < -0.3 is 4.74 Å². The van der Waals surface area contributed by atoms with Gasteiger partial charge in [0.2, 0.25) is 5.78 Å². The summed E-state index contributed by atoms with van der Waals surface area (Å²) in [6.45, 7) is 2.11. The molecule has 8 heteroatoms. The van der Waals surface area contributed by atoms with Crippen molar-refractivity contribution in [3.05, 3.63) is 81.1 Å². The Bertz CT molecular complexity index is 1580. The molecular formula is C24H23N5O3. The Labute approximate surface area is 183 Å². The van der Waals surface area contributed by atoms with Crippen LogP contribution in [0.2, 0.25) is 0 Å². The molecular weight excluding hydrogens is 406 g/mol. The first-order chi connectivity index (χ1) is 15.4. The highest BCUT2D eigenvalue weighted by Crippen LogP contribution is 2.30. The van der Waals surface area contributed by atoms with Gasteiger partial charge in [-0.3, -0.25) is 22.9 Å². The molecule has 0 radical (unpaired) electrons. The zero-order chi connectivity index (χ0) is 22.6. The first kappa shape index (κ1) is 19.9. The van der Waals surface area contributed by atoms with Gasteiger partial charge in [0.15, 0.2) is 11.2 Å². The lowest BCUT2D eigenvalue weighted by Gasteiger charge is -2.10. The molecule has 0 saturated carbocycles. The van der Waals surface area contributed by atoms with Gasteiger partial charge in [0.25, 0.3) is 5.56 Å². The lowest BCUT2D eigenvalue weighted by Crippen LogP contribution is -2.37. The largest absolute Gasteiger partial charge is 0.497 e. The van der Waals surface area contributed by atoms with Crippen LogP contribution in [0.3, 0.4) is 0 Å². The van der Waals surface area contributed by atoms with Crippen molar-refractivity contribution in [1.29, 1.82) is 0 Å². The van der Waals surface area contributed by atoms with Crippen molar-refractivity contribution in [3.63, 3.8) is 0 Å². The molecule has 0 unspecified atom stereocenters.